The molecule has 1 aromatic carbocycles. The Morgan fingerprint density at radius 3 is 2.70 bits per heavy atom. The molecular weight excluding hydrogens is 338 g/mol. The van der Waals surface area contributed by atoms with E-state index >= 15 is 0 Å². The second-order valence-electron chi connectivity index (χ2n) is 6.80. The van der Waals surface area contributed by atoms with Crippen LogP contribution in [0.3, 0.4) is 0 Å². The number of hydrogen-bond acceptors (Lipinski definition) is 4. The lowest BCUT2D eigenvalue weighted by atomic mass is 9.94. The van der Waals surface area contributed by atoms with Crippen LogP contribution in [0.25, 0.3) is 0 Å². The van der Waals surface area contributed by atoms with Gasteiger partial charge in [0, 0.05) is 24.2 Å². The number of nitrogens with zero attached hydrogens (tertiary/aromatic N) is 2. The van der Waals surface area contributed by atoms with E-state index in [1.807, 2.05) is 48.5 Å². The largest absolute Gasteiger partial charge is 0.496 e. The molecule has 1 N–H and O–H groups in total. The fourth-order valence-corrected chi connectivity index (χ4v) is 3.58. The Morgan fingerprint density at radius 2 is 2.04 bits per heavy atom. The van der Waals surface area contributed by atoms with Crippen molar-refractivity contribution in [2.24, 2.45) is 5.92 Å². The van der Waals surface area contributed by atoms with Crippen molar-refractivity contribution in [2.75, 3.05) is 26.7 Å². The van der Waals surface area contributed by atoms with E-state index in [1.54, 1.807) is 13.3 Å². The molecule has 2 aromatic rings. The van der Waals surface area contributed by atoms with Crippen LogP contribution < -0.4 is 10.1 Å². The number of amides is 1. The van der Waals surface area contributed by atoms with Crippen LogP contribution in [-0.2, 0) is 4.79 Å². The summed E-state index contributed by atoms with van der Waals surface area (Å²) in [5, 5.41) is 3.22. The lowest BCUT2D eigenvalue weighted by Crippen LogP contribution is -2.42. The molecule has 1 amide bonds. The average Bonchev–Trinajstić information content (AvgIpc) is 2.73. The number of ether oxygens (including phenoxy) is 1. The van der Waals surface area contributed by atoms with Crippen molar-refractivity contribution in [1.82, 2.24) is 15.2 Å². The first kappa shape index (κ1) is 19.1. The van der Waals surface area contributed by atoms with Crippen LogP contribution in [0.5, 0.6) is 5.75 Å². The molecule has 5 nitrogen and oxygen atoms in total. The van der Waals surface area contributed by atoms with Crippen molar-refractivity contribution < 1.29 is 9.53 Å². The predicted octanol–water partition coefficient (Wildman–Crippen LogP) is 3.19. The summed E-state index contributed by atoms with van der Waals surface area (Å²) in [7, 11) is 1.64. The van der Waals surface area contributed by atoms with Gasteiger partial charge in [0.25, 0.3) is 0 Å². The molecule has 3 rings (SSSR count). The molecule has 1 saturated heterocycles. The molecule has 0 radical (unpaired) electrons. The number of rotatable bonds is 7. The van der Waals surface area contributed by atoms with Gasteiger partial charge in [0.15, 0.2) is 0 Å². The SMILES string of the molecule is C=CCN1CCC(C(=O)NC(c2ccccn2)c2ccccc2OC)CC1. The summed E-state index contributed by atoms with van der Waals surface area (Å²) >= 11 is 0. The Morgan fingerprint density at radius 1 is 1.30 bits per heavy atom. The lowest BCUT2D eigenvalue weighted by molar-refractivity contribution is -0.126. The zero-order chi connectivity index (χ0) is 19.1. The summed E-state index contributed by atoms with van der Waals surface area (Å²) < 4.78 is 5.52. The second kappa shape index (κ2) is 9.33. The molecule has 5 heteroatoms. The van der Waals surface area contributed by atoms with Gasteiger partial charge in [0.05, 0.1) is 18.8 Å². The Bertz CT molecular complexity index is 755. The second-order valence-corrected chi connectivity index (χ2v) is 6.80. The summed E-state index contributed by atoms with van der Waals surface area (Å²) in [5.41, 5.74) is 1.72. The fraction of sp³-hybridized carbons (Fsp3) is 0.364. The van der Waals surface area contributed by atoms with E-state index in [1.165, 1.54) is 0 Å². The minimum absolute atomic E-state index is 0.0204. The number of nitrogens with one attached hydrogen (secondary N) is 1. The Labute approximate surface area is 161 Å². The maximum absolute atomic E-state index is 13.0. The van der Waals surface area contributed by atoms with Gasteiger partial charge in [-0.2, -0.15) is 0 Å². The summed E-state index contributed by atoms with van der Waals surface area (Å²) in [6, 6.07) is 13.2. The third-order valence-electron chi connectivity index (χ3n) is 5.07. The minimum Gasteiger partial charge on any atom is -0.496 e. The monoisotopic (exact) mass is 365 g/mol. The zero-order valence-corrected chi connectivity index (χ0v) is 15.8. The van der Waals surface area contributed by atoms with Crippen LogP contribution >= 0.6 is 0 Å². The van der Waals surface area contributed by atoms with E-state index in [0.29, 0.717) is 0 Å². The fourth-order valence-electron chi connectivity index (χ4n) is 3.58. The maximum Gasteiger partial charge on any atom is 0.224 e. The highest BCUT2D eigenvalue weighted by Crippen LogP contribution is 2.30. The molecule has 0 saturated carbocycles. The van der Waals surface area contributed by atoms with Gasteiger partial charge in [-0.3, -0.25) is 14.7 Å². The van der Waals surface area contributed by atoms with Gasteiger partial charge in [-0.15, -0.1) is 6.58 Å². The number of methoxy groups -OCH3 is 1. The molecule has 0 spiro atoms. The van der Waals surface area contributed by atoms with Crippen LogP contribution in [0.15, 0.2) is 61.3 Å². The molecular formula is C22H27N3O2. The molecule has 1 aromatic heterocycles. The van der Waals surface area contributed by atoms with E-state index in [9.17, 15) is 4.79 Å². The number of para-hydroxylation sites is 1. The number of likely N-dealkylation sites (tertiary alicyclic amines) is 1. The van der Waals surface area contributed by atoms with Crippen LogP contribution in [0.4, 0.5) is 0 Å². The minimum atomic E-state index is -0.332. The van der Waals surface area contributed by atoms with Crippen molar-refractivity contribution >= 4 is 5.91 Å². The van der Waals surface area contributed by atoms with Crippen LogP contribution in [-0.4, -0.2) is 42.5 Å². The van der Waals surface area contributed by atoms with Crippen molar-refractivity contribution in [2.45, 2.75) is 18.9 Å². The van der Waals surface area contributed by atoms with Gasteiger partial charge in [-0.25, -0.2) is 0 Å². The molecule has 1 unspecified atom stereocenters. The third kappa shape index (κ3) is 4.74. The zero-order valence-electron chi connectivity index (χ0n) is 15.8. The van der Waals surface area contributed by atoms with E-state index < -0.39 is 0 Å². The number of aromatic nitrogens is 1. The summed E-state index contributed by atoms with van der Waals surface area (Å²) in [4.78, 5) is 19.8. The smallest absolute Gasteiger partial charge is 0.224 e. The Kier molecular flexibility index (Phi) is 6.60. The topological polar surface area (TPSA) is 54.5 Å². The molecule has 1 aliphatic heterocycles. The highest BCUT2D eigenvalue weighted by molar-refractivity contribution is 5.79. The quantitative estimate of drug-likeness (QED) is 0.766. The Hall–Kier alpha value is -2.66. The summed E-state index contributed by atoms with van der Waals surface area (Å²) in [6.45, 7) is 6.52. The van der Waals surface area contributed by atoms with Gasteiger partial charge >= 0.3 is 0 Å². The highest BCUT2D eigenvalue weighted by Gasteiger charge is 2.28. The number of hydrogen-bond donors (Lipinski definition) is 1. The van der Waals surface area contributed by atoms with E-state index in [4.69, 9.17) is 4.74 Å². The van der Waals surface area contributed by atoms with Crippen LogP contribution in [0.2, 0.25) is 0 Å². The number of pyridine rings is 1. The van der Waals surface area contributed by atoms with Crippen molar-refractivity contribution in [3.8, 4) is 5.75 Å². The first-order chi connectivity index (χ1) is 13.2. The maximum atomic E-state index is 13.0. The molecule has 27 heavy (non-hydrogen) atoms. The third-order valence-corrected chi connectivity index (χ3v) is 5.07. The van der Waals surface area contributed by atoms with Crippen molar-refractivity contribution in [3.05, 3.63) is 72.6 Å². The number of benzene rings is 1. The van der Waals surface area contributed by atoms with Crippen LogP contribution in [0.1, 0.15) is 30.1 Å². The van der Waals surface area contributed by atoms with Gasteiger partial charge < -0.3 is 10.1 Å². The van der Waals surface area contributed by atoms with Gasteiger partial charge in [-0.05, 0) is 44.1 Å². The predicted molar refractivity (Wildman–Crippen MR) is 107 cm³/mol. The lowest BCUT2D eigenvalue weighted by Gasteiger charge is -2.31. The molecule has 1 atom stereocenters. The van der Waals surface area contributed by atoms with Gasteiger partial charge in [-0.1, -0.05) is 30.3 Å². The van der Waals surface area contributed by atoms with Crippen LogP contribution in [0, 0.1) is 5.92 Å². The first-order valence-corrected chi connectivity index (χ1v) is 9.40. The number of piperidine rings is 1. The molecule has 142 valence electrons. The summed E-state index contributed by atoms with van der Waals surface area (Å²) in [6.07, 6.45) is 5.39. The van der Waals surface area contributed by atoms with E-state index in [2.05, 4.69) is 21.8 Å². The van der Waals surface area contributed by atoms with Gasteiger partial charge in [0.2, 0.25) is 5.91 Å². The summed E-state index contributed by atoms with van der Waals surface area (Å²) in [5.74, 6) is 0.844. The number of carbonyl (C=O) groups excluding carboxylic acids is 1. The van der Waals surface area contributed by atoms with Gasteiger partial charge in [0.1, 0.15) is 5.75 Å². The number of carbonyl (C=O) groups is 1. The highest BCUT2D eigenvalue weighted by atomic mass is 16.5. The molecule has 1 aliphatic rings. The molecule has 1 fully saturated rings. The standard InChI is InChI=1S/C22H27N3O2/c1-3-14-25-15-11-17(12-16-25)22(26)24-21(19-9-6-7-13-23-19)18-8-4-5-10-20(18)27-2/h3-10,13,17,21H,1,11-12,14-16H2,2H3,(H,24,26). The Balaban J connectivity index is 1.78. The first-order valence-electron chi connectivity index (χ1n) is 9.40. The average molecular weight is 365 g/mol. The normalized spacial score (nSPS) is 16.5. The molecule has 2 heterocycles. The van der Waals surface area contributed by atoms with E-state index in [0.717, 1.165) is 49.5 Å². The van der Waals surface area contributed by atoms with Crippen molar-refractivity contribution in [3.63, 3.8) is 0 Å². The van der Waals surface area contributed by atoms with Crippen molar-refractivity contribution in [1.29, 1.82) is 0 Å². The molecule has 0 aliphatic carbocycles. The van der Waals surface area contributed by atoms with E-state index in [-0.39, 0.29) is 17.9 Å². The molecule has 0 bridgehead atoms.